The number of rotatable bonds is 5. The highest BCUT2D eigenvalue weighted by Crippen LogP contribution is 2.27. The number of thioether (sulfide) groups is 1. The Morgan fingerprint density at radius 3 is 2.63 bits per heavy atom. The first-order chi connectivity index (χ1) is 9.20. The van der Waals surface area contributed by atoms with E-state index in [4.69, 9.17) is 0 Å². The SMILES string of the molecule is CNC(CSc1cccc(Br)c1)c1ccccc1C. The van der Waals surface area contributed by atoms with E-state index in [2.05, 4.69) is 76.7 Å². The van der Waals surface area contributed by atoms with Crippen LogP contribution in [0.1, 0.15) is 17.2 Å². The maximum absolute atomic E-state index is 3.51. The van der Waals surface area contributed by atoms with Crippen molar-refractivity contribution in [1.29, 1.82) is 0 Å². The zero-order chi connectivity index (χ0) is 13.7. The van der Waals surface area contributed by atoms with Gasteiger partial charge in [0.25, 0.3) is 0 Å². The number of nitrogens with one attached hydrogen (secondary N) is 1. The first-order valence-electron chi connectivity index (χ1n) is 6.32. The van der Waals surface area contributed by atoms with Crippen LogP contribution in [-0.4, -0.2) is 12.8 Å². The maximum atomic E-state index is 3.51. The van der Waals surface area contributed by atoms with Crippen LogP contribution < -0.4 is 5.32 Å². The third-order valence-electron chi connectivity index (χ3n) is 3.13. The van der Waals surface area contributed by atoms with Crippen molar-refractivity contribution in [1.82, 2.24) is 5.32 Å². The number of hydrogen-bond donors (Lipinski definition) is 1. The Kier molecular flexibility index (Phi) is 5.49. The summed E-state index contributed by atoms with van der Waals surface area (Å²) in [6.07, 6.45) is 0. The molecule has 0 fully saturated rings. The molecule has 0 aliphatic carbocycles. The van der Waals surface area contributed by atoms with Gasteiger partial charge in [-0.3, -0.25) is 0 Å². The van der Waals surface area contributed by atoms with Gasteiger partial charge in [0, 0.05) is 21.2 Å². The molecule has 0 heterocycles. The smallest absolute Gasteiger partial charge is 0.0415 e. The van der Waals surface area contributed by atoms with Crippen molar-refractivity contribution < 1.29 is 0 Å². The fourth-order valence-corrected chi connectivity index (χ4v) is 3.68. The van der Waals surface area contributed by atoms with E-state index in [0.29, 0.717) is 6.04 Å². The van der Waals surface area contributed by atoms with Gasteiger partial charge in [-0.2, -0.15) is 0 Å². The minimum absolute atomic E-state index is 0.380. The predicted molar refractivity (Wildman–Crippen MR) is 87.8 cm³/mol. The van der Waals surface area contributed by atoms with Crippen LogP contribution in [0.25, 0.3) is 0 Å². The van der Waals surface area contributed by atoms with Gasteiger partial charge >= 0.3 is 0 Å². The van der Waals surface area contributed by atoms with Crippen LogP contribution >= 0.6 is 27.7 Å². The molecule has 0 saturated carbocycles. The van der Waals surface area contributed by atoms with Crippen molar-refractivity contribution in [3.63, 3.8) is 0 Å². The molecule has 1 nitrogen and oxygen atoms in total. The topological polar surface area (TPSA) is 12.0 Å². The van der Waals surface area contributed by atoms with Crippen molar-refractivity contribution in [2.45, 2.75) is 17.9 Å². The van der Waals surface area contributed by atoms with Gasteiger partial charge in [0.1, 0.15) is 0 Å². The number of aryl methyl sites for hydroxylation is 1. The minimum atomic E-state index is 0.380. The van der Waals surface area contributed by atoms with Crippen molar-refractivity contribution >= 4 is 27.7 Å². The van der Waals surface area contributed by atoms with E-state index in [1.807, 2.05) is 18.8 Å². The molecule has 3 heteroatoms. The van der Waals surface area contributed by atoms with Gasteiger partial charge in [0.15, 0.2) is 0 Å². The molecular formula is C16H18BrNS. The zero-order valence-corrected chi connectivity index (χ0v) is 13.6. The van der Waals surface area contributed by atoms with E-state index >= 15 is 0 Å². The standard InChI is InChI=1S/C16H18BrNS/c1-12-6-3-4-9-15(12)16(18-2)11-19-14-8-5-7-13(17)10-14/h3-10,16,18H,11H2,1-2H3. The largest absolute Gasteiger partial charge is 0.312 e. The molecule has 0 aliphatic rings. The lowest BCUT2D eigenvalue weighted by Gasteiger charge is -2.18. The second-order valence-electron chi connectivity index (χ2n) is 4.47. The Labute approximate surface area is 127 Å². The van der Waals surface area contributed by atoms with Crippen molar-refractivity contribution in [3.05, 3.63) is 64.1 Å². The van der Waals surface area contributed by atoms with Crippen molar-refractivity contribution in [3.8, 4) is 0 Å². The minimum Gasteiger partial charge on any atom is -0.312 e. The summed E-state index contributed by atoms with van der Waals surface area (Å²) in [7, 11) is 2.03. The second-order valence-corrected chi connectivity index (χ2v) is 6.48. The summed E-state index contributed by atoms with van der Waals surface area (Å²) in [5.41, 5.74) is 2.73. The fraction of sp³-hybridized carbons (Fsp3) is 0.250. The summed E-state index contributed by atoms with van der Waals surface area (Å²) in [5.74, 6) is 1.03. The molecule has 0 saturated heterocycles. The summed E-state index contributed by atoms with van der Waals surface area (Å²) in [4.78, 5) is 1.29. The molecule has 100 valence electrons. The van der Waals surface area contributed by atoms with E-state index in [9.17, 15) is 0 Å². The number of hydrogen-bond acceptors (Lipinski definition) is 2. The van der Waals surface area contributed by atoms with Crippen LogP contribution in [0.2, 0.25) is 0 Å². The monoisotopic (exact) mass is 335 g/mol. The Morgan fingerprint density at radius 1 is 1.16 bits per heavy atom. The van der Waals surface area contributed by atoms with E-state index in [1.165, 1.54) is 16.0 Å². The predicted octanol–water partition coefficient (Wildman–Crippen LogP) is 4.81. The molecule has 0 amide bonds. The molecule has 0 aliphatic heterocycles. The van der Waals surface area contributed by atoms with Gasteiger partial charge in [-0.25, -0.2) is 0 Å². The Hall–Kier alpha value is -0.770. The van der Waals surface area contributed by atoms with Crippen LogP contribution in [0, 0.1) is 6.92 Å². The first kappa shape index (κ1) is 14.6. The van der Waals surface area contributed by atoms with E-state index in [-0.39, 0.29) is 0 Å². The first-order valence-corrected chi connectivity index (χ1v) is 8.09. The van der Waals surface area contributed by atoms with Gasteiger partial charge in [-0.05, 0) is 43.3 Å². The molecule has 2 rings (SSSR count). The summed E-state index contributed by atoms with van der Waals surface area (Å²) >= 11 is 5.39. The van der Waals surface area contributed by atoms with Crippen molar-refractivity contribution in [2.24, 2.45) is 0 Å². The highest BCUT2D eigenvalue weighted by atomic mass is 79.9. The molecule has 2 aromatic rings. The van der Waals surface area contributed by atoms with Gasteiger partial charge < -0.3 is 5.32 Å². The molecule has 2 aromatic carbocycles. The summed E-state index contributed by atoms with van der Waals surface area (Å²) in [6, 6.07) is 17.4. The molecule has 0 aromatic heterocycles. The zero-order valence-electron chi connectivity index (χ0n) is 11.2. The number of halogens is 1. The highest BCUT2D eigenvalue weighted by Gasteiger charge is 2.11. The van der Waals surface area contributed by atoms with Gasteiger partial charge in [-0.1, -0.05) is 46.3 Å². The van der Waals surface area contributed by atoms with Gasteiger partial charge in [0.05, 0.1) is 0 Å². The Bertz CT molecular complexity index is 542. The van der Waals surface area contributed by atoms with Gasteiger partial charge in [-0.15, -0.1) is 11.8 Å². The van der Waals surface area contributed by atoms with E-state index in [1.54, 1.807) is 0 Å². The molecule has 0 radical (unpaired) electrons. The number of benzene rings is 2. The summed E-state index contributed by atoms with van der Waals surface area (Å²) in [6.45, 7) is 2.17. The molecule has 19 heavy (non-hydrogen) atoms. The third kappa shape index (κ3) is 4.10. The Morgan fingerprint density at radius 2 is 1.95 bits per heavy atom. The average molecular weight is 336 g/mol. The van der Waals surface area contributed by atoms with Crippen molar-refractivity contribution in [2.75, 3.05) is 12.8 Å². The summed E-state index contributed by atoms with van der Waals surface area (Å²) < 4.78 is 1.13. The lowest BCUT2D eigenvalue weighted by molar-refractivity contribution is 0.658. The normalized spacial score (nSPS) is 12.4. The third-order valence-corrected chi connectivity index (χ3v) is 4.71. The molecule has 0 spiro atoms. The van der Waals surface area contributed by atoms with Crippen LogP contribution in [-0.2, 0) is 0 Å². The molecule has 1 unspecified atom stereocenters. The summed E-state index contributed by atoms with van der Waals surface area (Å²) in [5, 5.41) is 3.41. The Balaban J connectivity index is 2.06. The fourth-order valence-electron chi connectivity index (χ4n) is 2.04. The van der Waals surface area contributed by atoms with Crippen LogP contribution in [0.3, 0.4) is 0 Å². The quantitative estimate of drug-likeness (QED) is 0.787. The van der Waals surface area contributed by atoms with E-state index < -0.39 is 0 Å². The van der Waals surface area contributed by atoms with Crippen LogP contribution in [0.5, 0.6) is 0 Å². The second kappa shape index (κ2) is 7.13. The molecular weight excluding hydrogens is 318 g/mol. The molecule has 1 atom stereocenters. The van der Waals surface area contributed by atoms with Crippen LogP contribution in [0.4, 0.5) is 0 Å². The molecule has 0 bridgehead atoms. The van der Waals surface area contributed by atoms with Gasteiger partial charge in [0.2, 0.25) is 0 Å². The highest BCUT2D eigenvalue weighted by molar-refractivity contribution is 9.10. The van der Waals surface area contributed by atoms with E-state index in [0.717, 1.165) is 10.2 Å². The maximum Gasteiger partial charge on any atom is 0.0415 e. The molecule has 1 N–H and O–H groups in total. The average Bonchev–Trinajstić information content (AvgIpc) is 2.41. The lowest BCUT2D eigenvalue weighted by atomic mass is 10.0. The van der Waals surface area contributed by atoms with Crippen LogP contribution in [0.15, 0.2) is 57.9 Å². The lowest BCUT2D eigenvalue weighted by Crippen LogP contribution is -2.19.